The molecule has 1 saturated heterocycles. The summed E-state index contributed by atoms with van der Waals surface area (Å²) in [5, 5.41) is 0. The molecule has 0 N–H and O–H groups in total. The Labute approximate surface area is 72.3 Å². The SMILES string of the molecule is C[O][Ge]1([O]C)[CH](C)CC[CH]1C. The van der Waals surface area contributed by atoms with Gasteiger partial charge in [0.2, 0.25) is 0 Å². The minimum absolute atomic E-state index is 0.708. The Kier molecular flexibility index (Phi) is 3.00. The van der Waals surface area contributed by atoms with Crippen LogP contribution < -0.4 is 0 Å². The fraction of sp³-hybridized carbons (Fsp3) is 1.00. The van der Waals surface area contributed by atoms with E-state index in [4.69, 9.17) is 7.53 Å². The molecule has 0 aromatic rings. The van der Waals surface area contributed by atoms with Crippen molar-refractivity contribution in [2.24, 2.45) is 0 Å². The zero-order chi connectivity index (χ0) is 8.48. The van der Waals surface area contributed by atoms with E-state index < -0.39 is 13.9 Å². The van der Waals surface area contributed by atoms with Crippen LogP contribution in [0.3, 0.4) is 0 Å². The third kappa shape index (κ3) is 1.36. The first-order valence-corrected chi connectivity index (χ1v) is 8.41. The summed E-state index contributed by atoms with van der Waals surface area (Å²) in [6.07, 6.45) is 2.59. The summed E-state index contributed by atoms with van der Waals surface area (Å²) in [5.41, 5.74) is 0. The van der Waals surface area contributed by atoms with Gasteiger partial charge in [-0.3, -0.25) is 0 Å². The van der Waals surface area contributed by atoms with Crippen LogP contribution >= 0.6 is 0 Å². The molecule has 0 bridgehead atoms. The first kappa shape index (κ1) is 9.55. The molecule has 0 amide bonds. The van der Waals surface area contributed by atoms with E-state index in [0.717, 1.165) is 0 Å². The molecule has 0 aromatic carbocycles. The van der Waals surface area contributed by atoms with E-state index >= 15 is 0 Å². The topological polar surface area (TPSA) is 18.5 Å². The van der Waals surface area contributed by atoms with Gasteiger partial charge in [-0.2, -0.15) is 0 Å². The quantitative estimate of drug-likeness (QED) is 0.663. The van der Waals surface area contributed by atoms with Crippen LogP contribution in [0.25, 0.3) is 0 Å². The first-order chi connectivity index (χ1) is 5.17. The van der Waals surface area contributed by atoms with Crippen molar-refractivity contribution >= 4 is 13.9 Å². The van der Waals surface area contributed by atoms with Crippen molar-refractivity contribution in [1.29, 1.82) is 0 Å². The summed E-state index contributed by atoms with van der Waals surface area (Å²) in [4.78, 5) is 0. The molecule has 66 valence electrons. The molecule has 0 aromatic heterocycles. The van der Waals surface area contributed by atoms with Crippen LogP contribution in [0.5, 0.6) is 0 Å². The van der Waals surface area contributed by atoms with E-state index in [1.165, 1.54) is 12.8 Å². The van der Waals surface area contributed by atoms with E-state index in [9.17, 15) is 0 Å². The van der Waals surface area contributed by atoms with E-state index in [-0.39, 0.29) is 0 Å². The molecular weight excluding hydrogens is 201 g/mol. The van der Waals surface area contributed by atoms with Gasteiger partial charge in [0, 0.05) is 0 Å². The van der Waals surface area contributed by atoms with Gasteiger partial charge in [-0.1, -0.05) is 0 Å². The molecule has 0 spiro atoms. The number of hydrogen-bond donors (Lipinski definition) is 0. The Morgan fingerprint density at radius 2 is 1.36 bits per heavy atom. The molecule has 0 radical (unpaired) electrons. The zero-order valence-corrected chi connectivity index (χ0v) is 9.98. The monoisotopic (exact) mass is 220 g/mol. The van der Waals surface area contributed by atoms with Gasteiger partial charge in [-0.25, -0.2) is 0 Å². The predicted molar refractivity (Wildman–Crippen MR) is 47.9 cm³/mol. The molecule has 1 heterocycles. The van der Waals surface area contributed by atoms with Gasteiger partial charge < -0.3 is 0 Å². The van der Waals surface area contributed by atoms with Crippen LogP contribution in [0.1, 0.15) is 26.7 Å². The molecule has 0 saturated carbocycles. The van der Waals surface area contributed by atoms with Gasteiger partial charge >= 0.3 is 71.9 Å². The fourth-order valence-electron chi connectivity index (χ4n) is 2.28. The van der Waals surface area contributed by atoms with E-state index in [1.807, 2.05) is 14.2 Å². The Morgan fingerprint density at radius 3 is 1.55 bits per heavy atom. The zero-order valence-electron chi connectivity index (χ0n) is 7.89. The molecule has 11 heavy (non-hydrogen) atoms. The van der Waals surface area contributed by atoms with Crippen LogP contribution in [0.2, 0.25) is 9.50 Å². The second-order valence-electron chi connectivity index (χ2n) is 3.51. The van der Waals surface area contributed by atoms with E-state index in [0.29, 0.717) is 9.50 Å². The molecule has 1 aliphatic rings. The third-order valence-electron chi connectivity index (χ3n) is 3.04. The van der Waals surface area contributed by atoms with Crippen LogP contribution in [0, 0.1) is 0 Å². The Bertz CT molecular complexity index is 122. The summed E-state index contributed by atoms with van der Waals surface area (Å²) < 4.78 is 12.7. The van der Waals surface area contributed by atoms with Crippen LogP contribution in [0.15, 0.2) is 0 Å². The molecule has 2 atom stereocenters. The van der Waals surface area contributed by atoms with Crippen molar-refractivity contribution in [3.63, 3.8) is 0 Å². The standard InChI is InChI=1S/C8H18GeO2/c1-7-5-6-8(2)9(7,10-3)11-4/h7-8H,5-6H2,1-4H3. The fourth-order valence-corrected chi connectivity index (χ4v) is 10.4. The van der Waals surface area contributed by atoms with Crippen molar-refractivity contribution in [2.45, 2.75) is 36.2 Å². The summed E-state index contributed by atoms with van der Waals surface area (Å²) in [6.45, 7) is 4.55. The van der Waals surface area contributed by atoms with Crippen molar-refractivity contribution < 1.29 is 7.53 Å². The van der Waals surface area contributed by atoms with Crippen molar-refractivity contribution in [3.8, 4) is 0 Å². The van der Waals surface area contributed by atoms with E-state index in [1.54, 1.807) is 0 Å². The number of rotatable bonds is 2. The Morgan fingerprint density at radius 1 is 1.00 bits per heavy atom. The third-order valence-corrected chi connectivity index (χ3v) is 12.7. The maximum absolute atomic E-state index is 5.64. The molecule has 0 aliphatic carbocycles. The van der Waals surface area contributed by atoms with Gasteiger partial charge in [0.15, 0.2) is 0 Å². The summed E-state index contributed by atoms with van der Waals surface area (Å²) in [5.74, 6) is 0. The molecule has 2 unspecified atom stereocenters. The minimum atomic E-state index is -2.31. The predicted octanol–water partition coefficient (Wildman–Crippen LogP) is 2.30. The van der Waals surface area contributed by atoms with Gasteiger partial charge in [0.25, 0.3) is 0 Å². The number of hydrogen-bond acceptors (Lipinski definition) is 2. The summed E-state index contributed by atoms with van der Waals surface area (Å²) in [7, 11) is 3.64. The molecule has 1 fully saturated rings. The maximum atomic E-state index is 5.64. The van der Waals surface area contributed by atoms with Crippen LogP contribution in [-0.2, 0) is 7.53 Å². The normalized spacial score (nSPS) is 36.0. The molecule has 1 rings (SSSR count). The van der Waals surface area contributed by atoms with Crippen molar-refractivity contribution in [3.05, 3.63) is 0 Å². The average Bonchev–Trinajstić information content (AvgIpc) is 2.29. The van der Waals surface area contributed by atoms with Gasteiger partial charge in [-0.05, 0) is 0 Å². The molecular formula is C8H18GeO2. The van der Waals surface area contributed by atoms with Crippen LogP contribution in [0.4, 0.5) is 0 Å². The molecule has 3 heteroatoms. The summed E-state index contributed by atoms with van der Waals surface area (Å²) >= 11 is -2.31. The van der Waals surface area contributed by atoms with Gasteiger partial charge in [-0.15, -0.1) is 0 Å². The van der Waals surface area contributed by atoms with Crippen molar-refractivity contribution in [2.75, 3.05) is 14.2 Å². The average molecular weight is 219 g/mol. The van der Waals surface area contributed by atoms with E-state index in [2.05, 4.69) is 13.8 Å². The van der Waals surface area contributed by atoms with Gasteiger partial charge in [0.1, 0.15) is 0 Å². The molecule has 1 aliphatic heterocycles. The van der Waals surface area contributed by atoms with Crippen molar-refractivity contribution in [1.82, 2.24) is 0 Å². The summed E-state index contributed by atoms with van der Waals surface area (Å²) in [6, 6.07) is 0. The molecule has 2 nitrogen and oxygen atoms in total. The second-order valence-corrected chi connectivity index (χ2v) is 12.4. The van der Waals surface area contributed by atoms with Crippen LogP contribution in [-0.4, -0.2) is 28.2 Å². The second kappa shape index (κ2) is 3.46. The first-order valence-electron chi connectivity index (χ1n) is 4.27. The Balaban J connectivity index is 2.76. The van der Waals surface area contributed by atoms with Gasteiger partial charge in [0.05, 0.1) is 0 Å². The Hall–Kier alpha value is 0.463.